The molecule has 0 aliphatic rings. The van der Waals surface area contributed by atoms with Crippen LogP contribution < -0.4 is 20.1 Å². The van der Waals surface area contributed by atoms with E-state index in [1.165, 1.54) is 37.7 Å². The van der Waals surface area contributed by atoms with Gasteiger partial charge in [0.25, 0.3) is 5.92 Å². The van der Waals surface area contributed by atoms with Crippen molar-refractivity contribution in [2.45, 2.75) is 31.5 Å². The molecule has 0 heterocycles. The summed E-state index contributed by atoms with van der Waals surface area (Å²) >= 11 is 0. The van der Waals surface area contributed by atoms with Crippen LogP contribution in [0.3, 0.4) is 0 Å². The van der Waals surface area contributed by atoms with Crippen molar-refractivity contribution in [1.82, 2.24) is 5.32 Å². The summed E-state index contributed by atoms with van der Waals surface area (Å²) < 4.78 is 75.9. The summed E-state index contributed by atoms with van der Waals surface area (Å²) in [7, 11) is 2.52. The molecule has 0 saturated carbocycles. The van der Waals surface area contributed by atoms with Gasteiger partial charge >= 0.3 is 12.2 Å². The van der Waals surface area contributed by atoms with E-state index < -0.39 is 23.7 Å². The maximum Gasteiger partial charge on any atom is 0.417 e. The minimum Gasteiger partial charge on any atom is -0.494 e. The van der Waals surface area contributed by atoms with E-state index in [1.807, 2.05) is 5.32 Å². The number of anilines is 1. The molecule has 5 nitrogen and oxygen atoms in total. The number of ether oxygens (including phenoxy) is 2. The lowest BCUT2D eigenvalue weighted by molar-refractivity contribution is -0.249. The lowest BCUT2D eigenvalue weighted by Gasteiger charge is -2.37. The van der Waals surface area contributed by atoms with Gasteiger partial charge in [-0.05, 0) is 19.1 Å². The molecule has 2 N–H and O–H groups in total. The molecule has 0 spiro atoms. The number of methoxy groups -OCH3 is 2. The molecule has 0 fully saturated rings. The quantitative estimate of drug-likeness (QED) is 0.789. The first-order valence-corrected chi connectivity index (χ1v) is 6.62. The highest BCUT2D eigenvalue weighted by Gasteiger charge is 2.65. The first kappa shape index (κ1) is 19.8. The lowest BCUT2D eigenvalue weighted by atomic mass is 9.94. The first-order valence-electron chi connectivity index (χ1n) is 6.62. The van der Waals surface area contributed by atoms with Gasteiger partial charge in [0, 0.05) is 6.92 Å². The van der Waals surface area contributed by atoms with Crippen molar-refractivity contribution in [2.75, 3.05) is 19.5 Å². The van der Waals surface area contributed by atoms with E-state index in [4.69, 9.17) is 9.47 Å². The van der Waals surface area contributed by atoms with E-state index in [0.29, 0.717) is 0 Å². The average molecular weight is 356 g/mol. The predicted molar refractivity (Wildman–Crippen MR) is 76.8 cm³/mol. The molecule has 1 atom stereocenters. The SMILES string of the molecule is COc1cccc(OC)c1NC(=O)NC(C)(C(C)(F)F)C(F)(F)F. The number of carbonyl (C=O) groups is 1. The standard InChI is InChI=1S/C14H17F5N2O3/c1-12(13(2,15)16,14(17,18)19)21-11(22)20-10-8(23-3)6-5-7-9(10)24-4/h5-7H,1-4H3,(H2,20,21,22). The van der Waals surface area contributed by atoms with E-state index in [2.05, 4.69) is 0 Å². The number of para-hydroxylation sites is 1. The summed E-state index contributed by atoms with van der Waals surface area (Å²) in [6.07, 6.45) is -5.38. The summed E-state index contributed by atoms with van der Waals surface area (Å²) in [6.45, 7) is 0.274. The van der Waals surface area contributed by atoms with Gasteiger partial charge in [-0.15, -0.1) is 0 Å². The van der Waals surface area contributed by atoms with Gasteiger partial charge in [-0.25, -0.2) is 13.6 Å². The zero-order valence-corrected chi connectivity index (χ0v) is 13.3. The third-order valence-corrected chi connectivity index (χ3v) is 3.47. The Morgan fingerprint density at radius 1 is 1.00 bits per heavy atom. The molecule has 1 aromatic carbocycles. The van der Waals surface area contributed by atoms with Crippen LogP contribution in [-0.2, 0) is 0 Å². The number of amides is 2. The van der Waals surface area contributed by atoms with Gasteiger partial charge in [0.2, 0.25) is 0 Å². The number of hydrogen-bond acceptors (Lipinski definition) is 3. The van der Waals surface area contributed by atoms with Crippen LogP contribution in [0.5, 0.6) is 11.5 Å². The van der Waals surface area contributed by atoms with Crippen molar-refractivity contribution < 1.29 is 36.2 Å². The fourth-order valence-electron chi connectivity index (χ4n) is 1.78. The molecule has 0 bridgehead atoms. The summed E-state index contributed by atoms with van der Waals surface area (Å²) in [6, 6.07) is 2.85. The predicted octanol–water partition coefficient (Wildman–Crippen LogP) is 3.80. The molecule has 1 unspecified atom stereocenters. The molecule has 0 aliphatic carbocycles. The van der Waals surface area contributed by atoms with E-state index in [1.54, 1.807) is 0 Å². The van der Waals surface area contributed by atoms with Crippen LogP contribution in [0.4, 0.5) is 32.4 Å². The Morgan fingerprint density at radius 2 is 1.46 bits per heavy atom. The van der Waals surface area contributed by atoms with Gasteiger partial charge in [-0.2, -0.15) is 13.2 Å². The van der Waals surface area contributed by atoms with Crippen LogP contribution in [-0.4, -0.2) is 37.9 Å². The van der Waals surface area contributed by atoms with Gasteiger partial charge in [-0.3, -0.25) is 0 Å². The van der Waals surface area contributed by atoms with Gasteiger partial charge in [0.1, 0.15) is 17.2 Å². The fraction of sp³-hybridized carbons (Fsp3) is 0.500. The average Bonchev–Trinajstić information content (AvgIpc) is 2.44. The number of benzene rings is 1. The number of hydrogen-bond donors (Lipinski definition) is 2. The van der Waals surface area contributed by atoms with E-state index in [9.17, 15) is 26.7 Å². The van der Waals surface area contributed by atoms with E-state index >= 15 is 0 Å². The minimum absolute atomic E-state index is 0.0739. The normalized spacial score (nSPS) is 14.5. The van der Waals surface area contributed by atoms with Crippen molar-refractivity contribution in [3.8, 4) is 11.5 Å². The van der Waals surface area contributed by atoms with Crippen LogP contribution in [0, 0.1) is 0 Å². The number of alkyl halides is 5. The van der Waals surface area contributed by atoms with Crippen LogP contribution >= 0.6 is 0 Å². The maximum atomic E-state index is 13.4. The monoisotopic (exact) mass is 356 g/mol. The molecule has 10 heteroatoms. The molecule has 1 aromatic rings. The summed E-state index contributed by atoms with van der Waals surface area (Å²) in [5, 5.41) is 3.34. The van der Waals surface area contributed by atoms with Gasteiger partial charge in [-0.1, -0.05) is 6.07 Å². The molecule has 24 heavy (non-hydrogen) atoms. The Bertz CT molecular complexity index is 563. The highest BCUT2D eigenvalue weighted by atomic mass is 19.4. The van der Waals surface area contributed by atoms with Crippen LogP contribution in [0.2, 0.25) is 0 Å². The smallest absolute Gasteiger partial charge is 0.417 e. The summed E-state index contributed by atoms with van der Waals surface area (Å²) in [4.78, 5) is 11.9. The van der Waals surface area contributed by atoms with Crippen LogP contribution in [0.15, 0.2) is 18.2 Å². The van der Waals surface area contributed by atoms with Crippen molar-refractivity contribution in [1.29, 1.82) is 0 Å². The second-order valence-electron chi connectivity index (χ2n) is 5.13. The van der Waals surface area contributed by atoms with E-state index in [-0.39, 0.29) is 31.0 Å². The number of nitrogens with one attached hydrogen (secondary N) is 2. The Morgan fingerprint density at radius 3 is 1.79 bits per heavy atom. The Hall–Kier alpha value is -2.26. The minimum atomic E-state index is -5.38. The Labute approximate surface area is 135 Å². The van der Waals surface area contributed by atoms with Crippen LogP contribution in [0.25, 0.3) is 0 Å². The van der Waals surface area contributed by atoms with Crippen LogP contribution in [0.1, 0.15) is 13.8 Å². The Balaban J connectivity index is 3.13. The fourth-order valence-corrected chi connectivity index (χ4v) is 1.78. The first-order chi connectivity index (χ1) is 10.9. The molecule has 0 radical (unpaired) electrons. The second kappa shape index (κ2) is 6.70. The zero-order chi connectivity index (χ0) is 18.8. The molecule has 2 amide bonds. The second-order valence-corrected chi connectivity index (χ2v) is 5.13. The highest BCUT2D eigenvalue weighted by Crippen LogP contribution is 2.42. The Kier molecular flexibility index (Phi) is 5.52. The molecule has 136 valence electrons. The molecular weight excluding hydrogens is 339 g/mol. The van der Waals surface area contributed by atoms with Crippen molar-refractivity contribution in [3.63, 3.8) is 0 Å². The van der Waals surface area contributed by atoms with Crippen molar-refractivity contribution in [3.05, 3.63) is 18.2 Å². The summed E-state index contributed by atoms with van der Waals surface area (Å²) in [5.41, 5.74) is -3.86. The van der Waals surface area contributed by atoms with Gasteiger partial charge < -0.3 is 20.1 Å². The number of rotatable bonds is 5. The maximum absolute atomic E-state index is 13.4. The largest absolute Gasteiger partial charge is 0.494 e. The zero-order valence-electron chi connectivity index (χ0n) is 13.3. The molecule has 0 aliphatic heterocycles. The summed E-state index contributed by atoms with van der Waals surface area (Å²) in [5.74, 6) is -4.09. The lowest BCUT2D eigenvalue weighted by Crippen LogP contribution is -2.66. The number of carbonyl (C=O) groups excluding carboxylic acids is 1. The van der Waals surface area contributed by atoms with Crippen molar-refractivity contribution >= 4 is 11.7 Å². The molecule has 1 rings (SSSR count). The third-order valence-electron chi connectivity index (χ3n) is 3.47. The highest BCUT2D eigenvalue weighted by molar-refractivity contribution is 5.93. The topological polar surface area (TPSA) is 59.6 Å². The van der Waals surface area contributed by atoms with Gasteiger partial charge in [0.05, 0.1) is 14.2 Å². The van der Waals surface area contributed by atoms with E-state index in [0.717, 1.165) is 0 Å². The van der Waals surface area contributed by atoms with Crippen molar-refractivity contribution in [2.24, 2.45) is 0 Å². The molecule has 0 saturated heterocycles. The molecular formula is C14H17F5N2O3. The number of halogens is 5. The molecule has 0 aromatic heterocycles. The number of urea groups is 1. The van der Waals surface area contributed by atoms with Gasteiger partial charge in [0.15, 0.2) is 5.54 Å². The third kappa shape index (κ3) is 3.80.